The van der Waals surface area contributed by atoms with Crippen LogP contribution in [0.3, 0.4) is 0 Å². The minimum Gasteiger partial charge on any atom is -0.318 e. The van der Waals surface area contributed by atoms with Crippen LogP contribution in [-0.2, 0) is 9.05 Å². The first kappa shape index (κ1) is 15.2. The van der Waals surface area contributed by atoms with E-state index in [0.717, 1.165) is 23.7 Å². The number of fused-ring (bicyclic) bond motifs is 3. The molecule has 0 aromatic rings. The van der Waals surface area contributed by atoms with Crippen LogP contribution in [0.1, 0.15) is 52.4 Å². The van der Waals surface area contributed by atoms with Gasteiger partial charge in [0, 0.05) is 0 Å². The second-order valence-corrected chi connectivity index (χ2v) is 9.04. The van der Waals surface area contributed by atoms with Crippen molar-refractivity contribution in [1.82, 2.24) is 4.67 Å². The first-order valence-corrected chi connectivity index (χ1v) is 9.52. The molecular formula is C16H30NO2P. The molecule has 0 aromatic heterocycles. The minimum absolute atomic E-state index is 0.433. The third-order valence-corrected chi connectivity index (χ3v) is 7.25. The Morgan fingerprint density at radius 1 is 0.800 bits per heavy atom. The highest BCUT2D eigenvalue weighted by atomic mass is 31.2. The average molecular weight is 299 g/mol. The van der Waals surface area contributed by atoms with Gasteiger partial charge in [0.1, 0.15) is 0 Å². The molecule has 116 valence electrons. The van der Waals surface area contributed by atoms with Crippen LogP contribution in [0.4, 0.5) is 0 Å². The smallest absolute Gasteiger partial charge is 0.258 e. The topological polar surface area (TPSA) is 21.7 Å². The largest absolute Gasteiger partial charge is 0.318 e. The molecule has 3 rings (SSSR count). The maximum absolute atomic E-state index is 6.46. The zero-order valence-corrected chi connectivity index (χ0v) is 14.3. The van der Waals surface area contributed by atoms with Crippen LogP contribution in [0.25, 0.3) is 0 Å². The third-order valence-electron chi connectivity index (χ3n) is 5.69. The van der Waals surface area contributed by atoms with Gasteiger partial charge in [-0.15, -0.1) is 0 Å². The van der Waals surface area contributed by atoms with Gasteiger partial charge in [-0.3, -0.25) is 0 Å². The molecule has 3 fully saturated rings. The lowest BCUT2D eigenvalue weighted by molar-refractivity contribution is -0.0222. The van der Waals surface area contributed by atoms with Crippen molar-refractivity contribution < 1.29 is 9.05 Å². The Morgan fingerprint density at radius 3 is 1.65 bits per heavy atom. The molecule has 3 aliphatic rings. The van der Waals surface area contributed by atoms with Crippen molar-refractivity contribution in [2.45, 2.75) is 64.6 Å². The molecule has 6 unspecified atom stereocenters. The van der Waals surface area contributed by atoms with Crippen LogP contribution in [0.15, 0.2) is 0 Å². The first-order chi connectivity index (χ1) is 9.58. The molecule has 2 aliphatic carbocycles. The molecule has 3 nitrogen and oxygen atoms in total. The van der Waals surface area contributed by atoms with Gasteiger partial charge in [0.05, 0.1) is 12.2 Å². The number of nitrogens with zero attached hydrogens (tertiary/aromatic N) is 1. The molecule has 0 N–H and O–H groups in total. The van der Waals surface area contributed by atoms with Gasteiger partial charge in [0.15, 0.2) is 0 Å². The van der Waals surface area contributed by atoms with Gasteiger partial charge >= 0.3 is 0 Å². The van der Waals surface area contributed by atoms with Crippen molar-refractivity contribution in [3.8, 4) is 0 Å². The standard InChI is InChI=1S/C16H30NO2P/c1-11-7-5-9-13-15(11)16-12(2)8-6-10-14(16)19-20(18-13)17(3)4/h11-16H,5-10H2,1-4H3. The highest BCUT2D eigenvalue weighted by Crippen LogP contribution is 2.57. The van der Waals surface area contributed by atoms with Crippen LogP contribution in [0.5, 0.6) is 0 Å². The van der Waals surface area contributed by atoms with Crippen LogP contribution in [0, 0.1) is 23.7 Å². The van der Waals surface area contributed by atoms with E-state index in [2.05, 4.69) is 32.6 Å². The zero-order chi connectivity index (χ0) is 14.3. The Balaban J connectivity index is 1.89. The summed E-state index contributed by atoms with van der Waals surface area (Å²) < 4.78 is 15.1. The molecule has 1 heterocycles. The molecule has 1 aliphatic heterocycles. The number of hydrogen-bond donors (Lipinski definition) is 0. The summed E-state index contributed by atoms with van der Waals surface area (Å²) >= 11 is 0. The van der Waals surface area contributed by atoms with Gasteiger partial charge in [-0.25, -0.2) is 4.67 Å². The predicted octanol–water partition coefficient (Wildman–Crippen LogP) is 4.43. The summed E-state index contributed by atoms with van der Waals surface area (Å²) in [6, 6.07) is 0. The lowest BCUT2D eigenvalue weighted by Gasteiger charge is -2.45. The highest BCUT2D eigenvalue weighted by molar-refractivity contribution is 7.44. The summed E-state index contributed by atoms with van der Waals surface area (Å²) in [4.78, 5) is 0. The van der Waals surface area contributed by atoms with Gasteiger partial charge in [0.25, 0.3) is 8.53 Å². The molecule has 6 atom stereocenters. The lowest BCUT2D eigenvalue weighted by Crippen LogP contribution is -2.45. The molecule has 0 aromatic carbocycles. The van der Waals surface area contributed by atoms with E-state index in [4.69, 9.17) is 9.05 Å². The quantitative estimate of drug-likeness (QED) is 0.669. The Morgan fingerprint density at radius 2 is 1.25 bits per heavy atom. The molecule has 0 radical (unpaired) electrons. The van der Waals surface area contributed by atoms with Crippen molar-refractivity contribution in [3.05, 3.63) is 0 Å². The van der Waals surface area contributed by atoms with E-state index < -0.39 is 8.53 Å². The Labute approximate surface area is 125 Å². The van der Waals surface area contributed by atoms with Gasteiger partial charge in [0.2, 0.25) is 0 Å². The normalized spacial score (nSPS) is 49.4. The lowest BCUT2D eigenvalue weighted by atomic mass is 9.63. The SMILES string of the molecule is CC1CCCC2OP(N(C)C)OC3CCCC(C)C3C12. The maximum Gasteiger partial charge on any atom is 0.258 e. The van der Waals surface area contributed by atoms with Crippen LogP contribution < -0.4 is 0 Å². The predicted molar refractivity (Wildman–Crippen MR) is 83.4 cm³/mol. The minimum atomic E-state index is -0.849. The summed E-state index contributed by atoms with van der Waals surface area (Å²) in [7, 11) is 3.34. The number of hydrogen-bond acceptors (Lipinski definition) is 3. The Hall–Kier alpha value is 0.310. The van der Waals surface area contributed by atoms with Crippen molar-refractivity contribution in [1.29, 1.82) is 0 Å². The second kappa shape index (κ2) is 6.20. The van der Waals surface area contributed by atoms with Gasteiger partial charge in [-0.05, 0) is 50.6 Å². The van der Waals surface area contributed by atoms with Crippen molar-refractivity contribution in [2.24, 2.45) is 23.7 Å². The second-order valence-electron chi connectivity index (χ2n) is 7.34. The molecule has 0 bridgehead atoms. The van der Waals surface area contributed by atoms with Gasteiger partial charge < -0.3 is 9.05 Å². The average Bonchev–Trinajstić information content (AvgIpc) is 2.57. The molecule has 20 heavy (non-hydrogen) atoms. The van der Waals surface area contributed by atoms with Crippen LogP contribution in [-0.4, -0.2) is 31.0 Å². The van der Waals surface area contributed by atoms with E-state index in [9.17, 15) is 0 Å². The number of rotatable bonds is 1. The highest BCUT2D eigenvalue weighted by Gasteiger charge is 2.49. The molecule has 4 heteroatoms. The van der Waals surface area contributed by atoms with Crippen LogP contribution >= 0.6 is 8.53 Å². The Bertz CT molecular complexity index is 310. The fourth-order valence-electron chi connectivity index (χ4n) is 4.73. The van der Waals surface area contributed by atoms with E-state index in [1.807, 2.05) is 0 Å². The molecule has 1 saturated heterocycles. The van der Waals surface area contributed by atoms with Gasteiger partial charge in [-0.1, -0.05) is 39.5 Å². The van der Waals surface area contributed by atoms with E-state index in [1.165, 1.54) is 38.5 Å². The summed E-state index contributed by atoms with van der Waals surface area (Å²) in [5, 5.41) is 0. The van der Waals surface area contributed by atoms with E-state index in [-0.39, 0.29) is 0 Å². The molecule has 0 amide bonds. The van der Waals surface area contributed by atoms with E-state index >= 15 is 0 Å². The maximum atomic E-state index is 6.46. The zero-order valence-electron chi connectivity index (χ0n) is 13.4. The van der Waals surface area contributed by atoms with Crippen LogP contribution in [0.2, 0.25) is 0 Å². The molecule has 2 saturated carbocycles. The monoisotopic (exact) mass is 299 g/mol. The fourth-order valence-corrected chi connectivity index (χ4v) is 6.11. The van der Waals surface area contributed by atoms with Crippen molar-refractivity contribution >= 4 is 8.53 Å². The summed E-state index contributed by atoms with van der Waals surface area (Å²) in [6.07, 6.45) is 8.74. The summed E-state index contributed by atoms with van der Waals surface area (Å²) in [5.74, 6) is 3.03. The summed E-state index contributed by atoms with van der Waals surface area (Å²) in [6.45, 7) is 4.89. The third kappa shape index (κ3) is 2.79. The van der Waals surface area contributed by atoms with E-state index in [0.29, 0.717) is 12.2 Å². The summed E-state index contributed by atoms with van der Waals surface area (Å²) in [5.41, 5.74) is 0. The van der Waals surface area contributed by atoms with Gasteiger partial charge in [-0.2, -0.15) is 0 Å². The first-order valence-electron chi connectivity index (χ1n) is 8.39. The van der Waals surface area contributed by atoms with Crippen molar-refractivity contribution in [3.63, 3.8) is 0 Å². The molecule has 0 spiro atoms. The molecular weight excluding hydrogens is 269 g/mol. The van der Waals surface area contributed by atoms with E-state index in [1.54, 1.807) is 0 Å². The fraction of sp³-hybridized carbons (Fsp3) is 1.00. The van der Waals surface area contributed by atoms with Crippen molar-refractivity contribution in [2.75, 3.05) is 14.1 Å². The Kier molecular flexibility index (Phi) is 4.72.